The van der Waals surface area contributed by atoms with Gasteiger partial charge in [0.25, 0.3) is 0 Å². The number of ether oxygens (including phenoxy) is 2. The summed E-state index contributed by atoms with van der Waals surface area (Å²) in [5.41, 5.74) is 0.970. The topological polar surface area (TPSA) is 79.2 Å². The maximum Gasteiger partial charge on any atom is 0.183 e. The molecule has 0 aliphatic carbocycles. The van der Waals surface area contributed by atoms with E-state index in [4.69, 9.17) is 9.47 Å². The zero-order valence-electron chi connectivity index (χ0n) is 10.1. The predicted octanol–water partition coefficient (Wildman–Crippen LogP) is 0.0307. The number of hydrogen-bond acceptors (Lipinski definition) is 5. The highest BCUT2D eigenvalue weighted by Crippen LogP contribution is 2.23. The van der Waals surface area contributed by atoms with Crippen LogP contribution in [0, 0.1) is 0 Å². The second kappa shape index (κ2) is 5.77. The summed E-state index contributed by atoms with van der Waals surface area (Å²) in [6, 6.07) is 9.52. The molecule has 0 aromatic heterocycles. The second-order valence-electron chi connectivity index (χ2n) is 4.47. The maximum absolute atomic E-state index is 9.84. The van der Waals surface area contributed by atoms with Crippen molar-refractivity contribution in [3.8, 4) is 0 Å². The van der Waals surface area contributed by atoms with Crippen molar-refractivity contribution in [2.75, 3.05) is 0 Å². The van der Waals surface area contributed by atoms with Gasteiger partial charge in [-0.3, -0.25) is 0 Å². The summed E-state index contributed by atoms with van der Waals surface area (Å²) < 4.78 is 10.7. The Kier molecular flexibility index (Phi) is 4.31. The fourth-order valence-corrected chi connectivity index (χ4v) is 2.02. The summed E-state index contributed by atoms with van der Waals surface area (Å²) in [6.45, 7) is 2.01. The Hall–Kier alpha value is -0.980. The minimum absolute atomic E-state index is 0.319. The molecule has 0 bridgehead atoms. The van der Waals surface area contributed by atoms with Crippen molar-refractivity contribution >= 4 is 0 Å². The van der Waals surface area contributed by atoms with E-state index >= 15 is 0 Å². The molecule has 1 fully saturated rings. The van der Waals surface area contributed by atoms with Crippen LogP contribution in [0.25, 0.3) is 0 Å². The van der Waals surface area contributed by atoms with Crippen LogP contribution >= 0.6 is 0 Å². The van der Waals surface area contributed by atoms with E-state index in [9.17, 15) is 15.3 Å². The highest BCUT2D eigenvalue weighted by Gasteiger charge is 2.42. The number of aliphatic hydroxyl groups excluding tert-OH is 3. The highest BCUT2D eigenvalue weighted by atomic mass is 16.6. The van der Waals surface area contributed by atoms with Gasteiger partial charge < -0.3 is 24.8 Å². The van der Waals surface area contributed by atoms with Crippen LogP contribution in [0.3, 0.4) is 0 Å². The van der Waals surface area contributed by atoms with Crippen LogP contribution in [0.1, 0.15) is 12.5 Å². The summed E-state index contributed by atoms with van der Waals surface area (Å²) >= 11 is 0. The number of benzene rings is 1. The first-order chi connectivity index (χ1) is 8.59. The Labute approximate surface area is 106 Å². The molecule has 3 N–H and O–H groups in total. The van der Waals surface area contributed by atoms with Gasteiger partial charge in [0.15, 0.2) is 6.29 Å². The van der Waals surface area contributed by atoms with Crippen LogP contribution in [0.2, 0.25) is 0 Å². The van der Waals surface area contributed by atoms with E-state index in [1.54, 1.807) is 6.92 Å². The first-order valence-electron chi connectivity index (χ1n) is 5.95. The lowest BCUT2D eigenvalue weighted by Gasteiger charge is -2.39. The monoisotopic (exact) mass is 254 g/mol. The van der Waals surface area contributed by atoms with E-state index in [0.717, 1.165) is 5.56 Å². The number of rotatable bonds is 3. The van der Waals surface area contributed by atoms with E-state index in [0.29, 0.717) is 6.61 Å². The van der Waals surface area contributed by atoms with Crippen LogP contribution in [0.5, 0.6) is 0 Å². The maximum atomic E-state index is 9.84. The SMILES string of the molecule is C[C@@H]1O[C@@H](O)[C@@H](O)[C@@H](O)[C@@H]1OCc1ccccc1. The molecule has 100 valence electrons. The molecule has 1 heterocycles. The molecular weight excluding hydrogens is 236 g/mol. The van der Waals surface area contributed by atoms with Crippen molar-refractivity contribution in [1.29, 1.82) is 0 Å². The average Bonchev–Trinajstić information content (AvgIpc) is 2.37. The van der Waals surface area contributed by atoms with E-state index in [1.165, 1.54) is 0 Å². The van der Waals surface area contributed by atoms with Gasteiger partial charge in [-0.1, -0.05) is 30.3 Å². The summed E-state index contributed by atoms with van der Waals surface area (Å²) in [4.78, 5) is 0. The first kappa shape index (κ1) is 13.5. The van der Waals surface area contributed by atoms with Gasteiger partial charge in [0.2, 0.25) is 0 Å². The number of aliphatic hydroxyl groups is 3. The van der Waals surface area contributed by atoms with Gasteiger partial charge in [0.1, 0.15) is 18.3 Å². The molecule has 0 spiro atoms. The lowest BCUT2D eigenvalue weighted by atomic mass is 10.00. The van der Waals surface area contributed by atoms with Crippen molar-refractivity contribution in [1.82, 2.24) is 0 Å². The van der Waals surface area contributed by atoms with Crippen LogP contribution in [0.4, 0.5) is 0 Å². The van der Waals surface area contributed by atoms with Gasteiger partial charge in [-0.2, -0.15) is 0 Å². The van der Waals surface area contributed by atoms with Crippen molar-refractivity contribution in [3.63, 3.8) is 0 Å². The van der Waals surface area contributed by atoms with Gasteiger partial charge >= 0.3 is 0 Å². The smallest absolute Gasteiger partial charge is 0.183 e. The second-order valence-corrected chi connectivity index (χ2v) is 4.47. The normalized spacial score (nSPS) is 36.6. The summed E-state index contributed by atoms with van der Waals surface area (Å²) in [7, 11) is 0. The van der Waals surface area contributed by atoms with Crippen LogP contribution in [-0.4, -0.2) is 46.0 Å². The molecule has 1 aliphatic rings. The Morgan fingerprint density at radius 3 is 2.44 bits per heavy atom. The zero-order valence-corrected chi connectivity index (χ0v) is 10.1. The van der Waals surface area contributed by atoms with E-state index in [1.807, 2.05) is 30.3 Å². The Morgan fingerprint density at radius 2 is 1.78 bits per heavy atom. The standard InChI is InChI=1S/C13H18O5/c1-8-12(10(14)11(15)13(16)18-8)17-7-9-5-3-2-4-6-9/h2-6,8,10-16H,7H2,1H3/t8-,10+,11-,12+,13+/m0/s1. The molecule has 0 saturated carbocycles. The molecule has 2 rings (SSSR count). The predicted molar refractivity (Wildman–Crippen MR) is 63.6 cm³/mol. The lowest BCUT2D eigenvalue weighted by molar-refractivity contribution is -0.287. The Morgan fingerprint density at radius 1 is 1.11 bits per heavy atom. The quantitative estimate of drug-likeness (QED) is 0.709. The van der Waals surface area contributed by atoms with Gasteiger partial charge in [-0.05, 0) is 12.5 Å². The summed E-state index contributed by atoms with van der Waals surface area (Å²) in [5, 5.41) is 28.7. The van der Waals surface area contributed by atoms with Gasteiger partial charge in [-0.15, -0.1) is 0 Å². The molecule has 5 heteroatoms. The van der Waals surface area contributed by atoms with Crippen molar-refractivity contribution in [2.45, 2.75) is 44.2 Å². The molecule has 5 atom stereocenters. The first-order valence-corrected chi connectivity index (χ1v) is 5.95. The molecule has 1 aromatic rings. The van der Waals surface area contributed by atoms with E-state index in [2.05, 4.69) is 0 Å². The van der Waals surface area contributed by atoms with Gasteiger partial charge in [0.05, 0.1) is 12.7 Å². The fraction of sp³-hybridized carbons (Fsp3) is 0.538. The third kappa shape index (κ3) is 2.88. The molecule has 0 unspecified atom stereocenters. The molecular formula is C13H18O5. The van der Waals surface area contributed by atoms with Crippen LogP contribution < -0.4 is 0 Å². The third-order valence-electron chi connectivity index (χ3n) is 3.08. The summed E-state index contributed by atoms with van der Waals surface area (Å²) in [5.74, 6) is 0. The zero-order chi connectivity index (χ0) is 13.1. The van der Waals surface area contributed by atoms with Crippen molar-refractivity contribution in [2.24, 2.45) is 0 Å². The van der Waals surface area contributed by atoms with Crippen LogP contribution in [-0.2, 0) is 16.1 Å². The Bertz CT molecular complexity index is 369. The van der Waals surface area contributed by atoms with Gasteiger partial charge in [0, 0.05) is 0 Å². The fourth-order valence-electron chi connectivity index (χ4n) is 2.02. The molecule has 1 saturated heterocycles. The minimum Gasteiger partial charge on any atom is -0.387 e. The molecule has 0 amide bonds. The highest BCUT2D eigenvalue weighted by molar-refractivity contribution is 5.13. The van der Waals surface area contributed by atoms with Crippen LogP contribution in [0.15, 0.2) is 30.3 Å². The van der Waals surface area contributed by atoms with E-state index < -0.39 is 30.7 Å². The lowest BCUT2D eigenvalue weighted by Crippen LogP contribution is -2.57. The average molecular weight is 254 g/mol. The molecule has 1 aliphatic heterocycles. The molecule has 18 heavy (non-hydrogen) atoms. The Balaban J connectivity index is 1.96. The van der Waals surface area contributed by atoms with Crippen molar-refractivity contribution < 1.29 is 24.8 Å². The minimum atomic E-state index is -1.37. The molecule has 5 nitrogen and oxygen atoms in total. The van der Waals surface area contributed by atoms with Gasteiger partial charge in [-0.25, -0.2) is 0 Å². The van der Waals surface area contributed by atoms with Crippen molar-refractivity contribution in [3.05, 3.63) is 35.9 Å². The molecule has 1 aromatic carbocycles. The third-order valence-corrected chi connectivity index (χ3v) is 3.08. The van der Waals surface area contributed by atoms with E-state index in [-0.39, 0.29) is 0 Å². The molecule has 0 radical (unpaired) electrons. The largest absolute Gasteiger partial charge is 0.387 e. The number of hydrogen-bond donors (Lipinski definition) is 3. The summed E-state index contributed by atoms with van der Waals surface area (Å²) in [6.07, 6.45) is -5.02.